The minimum Gasteiger partial charge on any atom is -0.493 e. The number of halogens is 2. The maximum absolute atomic E-state index is 12.2. The van der Waals surface area contributed by atoms with Crippen LogP contribution in [0.3, 0.4) is 0 Å². The van der Waals surface area contributed by atoms with Crippen molar-refractivity contribution in [1.82, 2.24) is 0 Å². The first kappa shape index (κ1) is 19.3. The number of methoxy groups -OCH3 is 1. The van der Waals surface area contributed by atoms with Crippen molar-refractivity contribution >= 4 is 41.1 Å². The lowest BCUT2D eigenvalue weighted by Crippen LogP contribution is -2.05. The van der Waals surface area contributed by atoms with Crippen LogP contribution in [0.2, 0.25) is 10.0 Å². The van der Waals surface area contributed by atoms with E-state index in [0.717, 1.165) is 6.42 Å². The Balaban J connectivity index is 1.94. The monoisotopic (exact) mass is 405 g/mol. The van der Waals surface area contributed by atoms with Crippen molar-refractivity contribution in [3.8, 4) is 11.5 Å². The summed E-state index contributed by atoms with van der Waals surface area (Å²) in [6.07, 6.45) is 2.43. The van der Waals surface area contributed by atoms with Gasteiger partial charge in [-0.15, -0.1) is 0 Å². The SMILES string of the molecule is CCCOc1c(Cl)cc(C=C2N=C(c3cccc(Cl)c3)OC2=O)cc1OC. The Labute approximate surface area is 167 Å². The molecule has 2 aromatic carbocycles. The molecule has 3 rings (SSSR count). The van der Waals surface area contributed by atoms with Gasteiger partial charge in [-0.1, -0.05) is 36.2 Å². The number of carbonyl (C=O) groups excluding carboxylic acids is 1. The van der Waals surface area contributed by atoms with E-state index in [1.807, 2.05) is 6.92 Å². The molecule has 0 saturated carbocycles. The van der Waals surface area contributed by atoms with E-state index in [-0.39, 0.29) is 11.6 Å². The summed E-state index contributed by atoms with van der Waals surface area (Å²) in [5.41, 5.74) is 1.42. The Bertz CT molecular complexity index is 938. The molecular weight excluding hydrogens is 389 g/mol. The zero-order chi connectivity index (χ0) is 19.4. The van der Waals surface area contributed by atoms with Gasteiger partial charge in [-0.05, 0) is 48.4 Å². The van der Waals surface area contributed by atoms with Gasteiger partial charge in [0.15, 0.2) is 17.2 Å². The molecule has 27 heavy (non-hydrogen) atoms. The number of esters is 1. The van der Waals surface area contributed by atoms with Crippen LogP contribution in [0.15, 0.2) is 47.1 Å². The number of rotatable bonds is 6. The molecule has 2 aromatic rings. The van der Waals surface area contributed by atoms with Gasteiger partial charge in [-0.3, -0.25) is 0 Å². The standard InChI is InChI=1S/C20H17Cl2NO4/c1-3-7-26-18-15(22)8-12(10-17(18)25-2)9-16-20(24)27-19(23-16)13-5-4-6-14(21)11-13/h4-6,8-11H,3,7H2,1-2H3. The molecule has 0 saturated heterocycles. The van der Waals surface area contributed by atoms with E-state index < -0.39 is 5.97 Å². The summed E-state index contributed by atoms with van der Waals surface area (Å²) in [5, 5.41) is 0.919. The van der Waals surface area contributed by atoms with Gasteiger partial charge in [-0.2, -0.15) is 0 Å². The van der Waals surface area contributed by atoms with Crippen LogP contribution in [0.5, 0.6) is 11.5 Å². The predicted octanol–water partition coefficient (Wildman–Crippen LogP) is 5.14. The Hall–Kier alpha value is -2.50. The molecule has 0 fully saturated rings. The summed E-state index contributed by atoms with van der Waals surface area (Å²) < 4.78 is 16.2. The van der Waals surface area contributed by atoms with Crippen molar-refractivity contribution in [1.29, 1.82) is 0 Å². The van der Waals surface area contributed by atoms with Crippen molar-refractivity contribution in [3.63, 3.8) is 0 Å². The smallest absolute Gasteiger partial charge is 0.363 e. The molecule has 1 heterocycles. The van der Waals surface area contributed by atoms with Crippen LogP contribution in [0.25, 0.3) is 6.08 Å². The number of nitrogens with zero attached hydrogens (tertiary/aromatic N) is 1. The van der Waals surface area contributed by atoms with E-state index in [1.165, 1.54) is 7.11 Å². The average molecular weight is 406 g/mol. The lowest BCUT2D eigenvalue weighted by molar-refractivity contribution is -0.129. The van der Waals surface area contributed by atoms with Gasteiger partial charge in [0.2, 0.25) is 5.90 Å². The first-order valence-electron chi connectivity index (χ1n) is 8.30. The molecule has 0 aliphatic carbocycles. The number of hydrogen-bond acceptors (Lipinski definition) is 5. The van der Waals surface area contributed by atoms with E-state index >= 15 is 0 Å². The van der Waals surface area contributed by atoms with Gasteiger partial charge in [0.05, 0.1) is 18.7 Å². The zero-order valence-electron chi connectivity index (χ0n) is 14.8. The lowest BCUT2D eigenvalue weighted by Gasteiger charge is -2.12. The van der Waals surface area contributed by atoms with Gasteiger partial charge >= 0.3 is 5.97 Å². The van der Waals surface area contributed by atoms with Crippen molar-refractivity contribution < 1.29 is 19.0 Å². The molecule has 0 atom stereocenters. The molecule has 7 heteroatoms. The van der Waals surface area contributed by atoms with E-state index in [1.54, 1.807) is 42.5 Å². The summed E-state index contributed by atoms with van der Waals surface area (Å²) in [5.74, 6) is 0.606. The summed E-state index contributed by atoms with van der Waals surface area (Å²) in [6.45, 7) is 2.52. The van der Waals surface area contributed by atoms with Crippen molar-refractivity contribution in [2.24, 2.45) is 4.99 Å². The van der Waals surface area contributed by atoms with Gasteiger partial charge in [0.25, 0.3) is 0 Å². The fraction of sp³-hybridized carbons (Fsp3) is 0.200. The Kier molecular flexibility index (Phi) is 6.04. The molecule has 0 spiro atoms. The quantitative estimate of drug-likeness (QED) is 0.493. The Morgan fingerprint density at radius 2 is 2.04 bits per heavy atom. The van der Waals surface area contributed by atoms with E-state index in [9.17, 15) is 4.79 Å². The first-order chi connectivity index (χ1) is 13.0. The molecule has 1 aliphatic heterocycles. The van der Waals surface area contributed by atoms with Crippen LogP contribution in [-0.4, -0.2) is 25.6 Å². The largest absolute Gasteiger partial charge is 0.493 e. The molecule has 1 aliphatic rings. The molecule has 0 radical (unpaired) electrons. The number of aliphatic imine (C=N–C) groups is 1. The molecule has 0 amide bonds. The number of carbonyl (C=O) groups is 1. The summed E-state index contributed by atoms with van der Waals surface area (Å²) >= 11 is 12.3. The average Bonchev–Trinajstić information content (AvgIpc) is 3.01. The number of cyclic esters (lactones) is 1. The highest BCUT2D eigenvalue weighted by atomic mass is 35.5. The molecule has 0 bridgehead atoms. The maximum Gasteiger partial charge on any atom is 0.363 e. The van der Waals surface area contributed by atoms with E-state index in [4.69, 9.17) is 37.4 Å². The highest BCUT2D eigenvalue weighted by Gasteiger charge is 2.24. The first-order valence-corrected chi connectivity index (χ1v) is 9.06. The van der Waals surface area contributed by atoms with Gasteiger partial charge < -0.3 is 14.2 Å². The number of benzene rings is 2. The van der Waals surface area contributed by atoms with Gasteiger partial charge in [0.1, 0.15) is 0 Å². The molecule has 0 N–H and O–H groups in total. The van der Waals surface area contributed by atoms with Crippen LogP contribution >= 0.6 is 23.2 Å². The highest BCUT2D eigenvalue weighted by Crippen LogP contribution is 2.37. The second-order valence-electron chi connectivity index (χ2n) is 5.73. The summed E-state index contributed by atoms with van der Waals surface area (Å²) in [4.78, 5) is 16.4. The van der Waals surface area contributed by atoms with Crippen LogP contribution in [0.4, 0.5) is 0 Å². The van der Waals surface area contributed by atoms with Crippen LogP contribution in [-0.2, 0) is 9.53 Å². The van der Waals surface area contributed by atoms with Crippen molar-refractivity contribution in [3.05, 3.63) is 63.3 Å². The molecule has 5 nitrogen and oxygen atoms in total. The lowest BCUT2D eigenvalue weighted by atomic mass is 10.1. The minimum atomic E-state index is -0.550. The second kappa shape index (κ2) is 8.46. The molecule has 0 aromatic heterocycles. The summed E-state index contributed by atoms with van der Waals surface area (Å²) in [7, 11) is 1.53. The van der Waals surface area contributed by atoms with Crippen molar-refractivity contribution in [2.75, 3.05) is 13.7 Å². The molecular formula is C20H17Cl2NO4. The van der Waals surface area contributed by atoms with Gasteiger partial charge in [-0.25, -0.2) is 9.79 Å². The molecule has 0 unspecified atom stereocenters. The third kappa shape index (κ3) is 4.43. The summed E-state index contributed by atoms with van der Waals surface area (Å²) in [6, 6.07) is 10.3. The zero-order valence-corrected chi connectivity index (χ0v) is 16.3. The fourth-order valence-corrected chi connectivity index (χ4v) is 2.94. The fourth-order valence-electron chi connectivity index (χ4n) is 2.48. The van der Waals surface area contributed by atoms with E-state index in [2.05, 4.69) is 4.99 Å². The highest BCUT2D eigenvalue weighted by molar-refractivity contribution is 6.32. The second-order valence-corrected chi connectivity index (χ2v) is 6.57. The third-order valence-corrected chi connectivity index (χ3v) is 4.21. The number of ether oxygens (including phenoxy) is 3. The van der Waals surface area contributed by atoms with Crippen LogP contribution in [0.1, 0.15) is 24.5 Å². The third-order valence-electron chi connectivity index (χ3n) is 3.70. The van der Waals surface area contributed by atoms with Crippen LogP contribution < -0.4 is 9.47 Å². The Morgan fingerprint density at radius 3 is 2.74 bits per heavy atom. The topological polar surface area (TPSA) is 57.1 Å². The van der Waals surface area contributed by atoms with E-state index in [0.29, 0.717) is 39.3 Å². The molecule has 140 valence electrons. The predicted molar refractivity (Wildman–Crippen MR) is 106 cm³/mol. The van der Waals surface area contributed by atoms with Crippen LogP contribution in [0, 0.1) is 0 Å². The van der Waals surface area contributed by atoms with Crippen molar-refractivity contribution in [2.45, 2.75) is 13.3 Å². The Morgan fingerprint density at radius 1 is 1.22 bits per heavy atom. The van der Waals surface area contributed by atoms with Gasteiger partial charge in [0, 0.05) is 10.6 Å². The minimum absolute atomic E-state index is 0.158. The normalized spacial score (nSPS) is 14.9. The maximum atomic E-state index is 12.2. The number of hydrogen-bond donors (Lipinski definition) is 0.